The molecule has 0 radical (unpaired) electrons. The van der Waals surface area contributed by atoms with Gasteiger partial charge in [0.15, 0.2) is 0 Å². The van der Waals surface area contributed by atoms with Gasteiger partial charge in [-0.3, -0.25) is 0 Å². The van der Waals surface area contributed by atoms with Crippen LogP contribution in [0.15, 0.2) is 48.5 Å². The van der Waals surface area contributed by atoms with Crippen LogP contribution >= 0.6 is 0 Å². The Morgan fingerprint density at radius 2 is 1.90 bits per heavy atom. The van der Waals surface area contributed by atoms with Crippen LogP contribution in [0.1, 0.15) is 30.5 Å². The van der Waals surface area contributed by atoms with Crippen molar-refractivity contribution in [1.29, 1.82) is 0 Å². The summed E-state index contributed by atoms with van der Waals surface area (Å²) in [6.45, 7) is 2.49. The Bertz CT molecular complexity index is 539. The largest absolute Gasteiger partial charge is 0.492 e. The predicted molar refractivity (Wildman–Crippen MR) is 79.3 cm³/mol. The molecule has 1 unspecified atom stereocenters. The van der Waals surface area contributed by atoms with Gasteiger partial charge in [-0.2, -0.15) is 0 Å². The fraction of sp³-hybridized carbons (Fsp3) is 0.294. The first kappa shape index (κ1) is 14.5. The molecule has 0 aliphatic heterocycles. The molecule has 0 aliphatic carbocycles. The normalized spacial score (nSPS) is 12.2. The minimum atomic E-state index is -0.332. The molecule has 2 nitrogen and oxygen atoms in total. The summed E-state index contributed by atoms with van der Waals surface area (Å²) in [7, 11) is 0. The number of halogens is 1. The summed E-state index contributed by atoms with van der Waals surface area (Å²) in [5.41, 5.74) is 8.04. The molecule has 0 saturated heterocycles. The zero-order chi connectivity index (χ0) is 14.4. The van der Waals surface area contributed by atoms with E-state index in [4.69, 9.17) is 10.5 Å². The Kier molecular flexibility index (Phi) is 5.13. The van der Waals surface area contributed by atoms with Crippen LogP contribution in [-0.4, -0.2) is 6.61 Å². The molecule has 0 spiro atoms. The Hall–Kier alpha value is -1.87. The second-order valence-electron chi connectivity index (χ2n) is 4.87. The first-order valence-corrected chi connectivity index (χ1v) is 6.92. The van der Waals surface area contributed by atoms with Crippen molar-refractivity contribution >= 4 is 0 Å². The molecule has 1 atom stereocenters. The van der Waals surface area contributed by atoms with Crippen LogP contribution in [0.2, 0.25) is 0 Å². The van der Waals surface area contributed by atoms with Gasteiger partial charge in [-0.15, -0.1) is 0 Å². The van der Waals surface area contributed by atoms with E-state index in [2.05, 4.69) is 19.1 Å². The minimum Gasteiger partial charge on any atom is -0.492 e. The molecule has 0 aliphatic rings. The molecule has 0 saturated carbocycles. The van der Waals surface area contributed by atoms with Gasteiger partial charge in [0.25, 0.3) is 0 Å². The average Bonchev–Trinajstić information content (AvgIpc) is 2.46. The van der Waals surface area contributed by atoms with Crippen molar-refractivity contribution in [1.82, 2.24) is 0 Å². The summed E-state index contributed by atoms with van der Waals surface area (Å²) in [6.07, 6.45) is 2.20. The van der Waals surface area contributed by atoms with Crippen molar-refractivity contribution < 1.29 is 9.13 Å². The van der Waals surface area contributed by atoms with Crippen LogP contribution < -0.4 is 10.5 Å². The van der Waals surface area contributed by atoms with Gasteiger partial charge >= 0.3 is 0 Å². The Morgan fingerprint density at radius 3 is 2.55 bits per heavy atom. The van der Waals surface area contributed by atoms with Gasteiger partial charge in [-0.1, -0.05) is 37.6 Å². The standard InChI is InChI=1S/C17H20FNO/c1-2-4-13-7-9-16(10-8-13)20-12-17(19)14-5-3-6-15(18)11-14/h3,5-11,17H,2,4,12,19H2,1H3. The van der Waals surface area contributed by atoms with Gasteiger partial charge in [0.1, 0.15) is 18.2 Å². The number of hydrogen-bond donors (Lipinski definition) is 1. The van der Waals surface area contributed by atoms with Gasteiger partial charge < -0.3 is 10.5 Å². The Labute approximate surface area is 119 Å². The van der Waals surface area contributed by atoms with Crippen LogP contribution in [0.3, 0.4) is 0 Å². The zero-order valence-electron chi connectivity index (χ0n) is 11.7. The maximum Gasteiger partial charge on any atom is 0.123 e. The highest BCUT2D eigenvalue weighted by molar-refractivity contribution is 5.27. The van der Waals surface area contributed by atoms with Crippen LogP contribution in [0.25, 0.3) is 0 Å². The summed E-state index contributed by atoms with van der Waals surface area (Å²) in [4.78, 5) is 0. The van der Waals surface area contributed by atoms with Crippen LogP contribution in [0.4, 0.5) is 4.39 Å². The average molecular weight is 273 g/mol. The highest BCUT2D eigenvalue weighted by atomic mass is 19.1. The van der Waals surface area contributed by atoms with Crippen molar-refractivity contribution in [3.05, 3.63) is 65.5 Å². The maximum absolute atomic E-state index is 13.1. The van der Waals surface area contributed by atoms with Crippen LogP contribution in [0, 0.1) is 5.82 Å². The van der Waals surface area contributed by atoms with E-state index in [1.807, 2.05) is 12.1 Å². The monoisotopic (exact) mass is 273 g/mol. The first-order chi connectivity index (χ1) is 9.69. The van der Waals surface area contributed by atoms with E-state index in [1.165, 1.54) is 17.7 Å². The second kappa shape index (κ2) is 7.06. The second-order valence-corrected chi connectivity index (χ2v) is 4.87. The van der Waals surface area contributed by atoms with Crippen LogP contribution in [-0.2, 0) is 6.42 Å². The van der Waals surface area contributed by atoms with E-state index in [9.17, 15) is 4.39 Å². The highest BCUT2D eigenvalue weighted by Gasteiger charge is 2.07. The zero-order valence-corrected chi connectivity index (χ0v) is 11.7. The molecule has 0 heterocycles. The number of benzene rings is 2. The molecule has 2 N–H and O–H groups in total. The lowest BCUT2D eigenvalue weighted by Crippen LogP contribution is -2.19. The van der Waals surface area contributed by atoms with E-state index in [-0.39, 0.29) is 11.9 Å². The highest BCUT2D eigenvalue weighted by Crippen LogP contribution is 2.17. The summed E-state index contributed by atoms with van der Waals surface area (Å²) in [5.74, 6) is 0.513. The van der Waals surface area contributed by atoms with Crippen molar-refractivity contribution in [3.63, 3.8) is 0 Å². The molecule has 0 aromatic heterocycles. The molecule has 106 valence electrons. The Morgan fingerprint density at radius 1 is 1.15 bits per heavy atom. The SMILES string of the molecule is CCCc1ccc(OCC(N)c2cccc(F)c2)cc1. The van der Waals surface area contributed by atoms with E-state index < -0.39 is 0 Å². The molecular weight excluding hydrogens is 253 g/mol. The summed E-state index contributed by atoms with van der Waals surface area (Å²) < 4.78 is 18.8. The van der Waals surface area contributed by atoms with Gasteiger partial charge in [0.05, 0.1) is 6.04 Å². The summed E-state index contributed by atoms with van der Waals surface area (Å²) in [6, 6.07) is 14.0. The topological polar surface area (TPSA) is 35.2 Å². The third-order valence-electron chi connectivity index (χ3n) is 3.17. The summed E-state index contributed by atoms with van der Waals surface area (Å²) >= 11 is 0. The van der Waals surface area contributed by atoms with E-state index >= 15 is 0 Å². The lowest BCUT2D eigenvalue weighted by molar-refractivity contribution is 0.290. The molecule has 20 heavy (non-hydrogen) atoms. The quantitative estimate of drug-likeness (QED) is 0.867. The number of ether oxygens (including phenoxy) is 1. The molecule has 3 heteroatoms. The third-order valence-corrected chi connectivity index (χ3v) is 3.17. The third kappa shape index (κ3) is 4.07. The van der Waals surface area contributed by atoms with Gasteiger partial charge in [0.2, 0.25) is 0 Å². The van der Waals surface area contributed by atoms with Gasteiger partial charge in [0, 0.05) is 0 Å². The fourth-order valence-corrected chi connectivity index (χ4v) is 2.06. The molecular formula is C17H20FNO. The number of nitrogens with two attached hydrogens (primary N) is 1. The van der Waals surface area contributed by atoms with Crippen molar-refractivity contribution in [3.8, 4) is 5.75 Å². The van der Waals surface area contributed by atoms with Crippen molar-refractivity contribution in [2.24, 2.45) is 5.73 Å². The predicted octanol–water partition coefficient (Wildman–Crippen LogP) is 3.86. The molecule has 0 amide bonds. The number of aryl methyl sites for hydroxylation is 1. The molecule has 2 aromatic rings. The molecule has 2 aromatic carbocycles. The maximum atomic E-state index is 13.1. The van der Waals surface area contributed by atoms with Crippen molar-refractivity contribution in [2.45, 2.75) is 25.8 Å². The Balaban J connectivity index is 1.91. The lowest BCUT2D eigenvalue weighted by Gasteiger charge is -2.14. The number of hydrogen-bond acceptors (Lipinski definition) is 2. The summed E-state index contributed by atoms with van der Waals surface area (Å²) in [5, 5.41) is 0. The number of rotatable bonds is 6. The molecule has 0 bridgehead atoms. The van der Waals surface area contributed by atoms with E-state index in [1.54, 1.807) is 12.1 Å². The van der Waals surface area contributed by atoms with E-state index in [0.29, 0.717) is 6.61 Å². The van der Waals surface area contributed by atoms with Gasteiger partial charge in [-0.25, -0.2) is 4.39 Å². The molecule has 0 fully saturated rings. The lowest BCUT2D eigenvalue weighted by atomic mass is 10.1. The van der Waals surface area contributed by atoms with Gasteiger partial charge in [-0.05, 0) is 41.8 Å². The van der Waals surface area contributed by atoms with E-state index in [0.717, 1.165) is 24.2 Å². The fourth-order valence-electron chi connectivity index (χ4n) is 2.06. The van der Waals surface area contributed by atoms with Crippen LogP contribution in [0.5, 0.6) is 5.75 Å². The molecule has 2 rings (SSSR count). The first-order valence-electron chi connectivity index (χ1n) is 6.92. The smallest absolute Gasteiger partial charge is 0.123 e. The van der Waals surface area contributed by atoms with Crippen molar-refractivity contribution in [2.75, 3.05) is 6.61 Å². The minimum absolute atomic E-state index is 0.276.